The molecule has 0 bridgehead atoms. The minimum Gasteiger partial charge on any atom is -0.489 e. The van der Waals surface area contributed by atoms with E-state index < -0.39 is 0 Å². The van der Waals surface area contributed by atoms with Gasteiger partial charge in [0.2, 0.25) is 5.91 Å². The molecule has 2 N–H and O–H groups in total. The quantitative estimate of drug-likeness (QED) is 0.597. The molecule has 1 fully saturated rings. The maximum absolute atomic E-state index is 13.2. The molecule has 0 radical (unpaired) electrons. The van der Waals surface area contributed by atoms with E-state index in [1.165, 1.54) is 12.1 Å². The van der Waals surface area contributed by atoms with Crippen molar-refractivity contribution in [3.8, 4) is 17.1 Å². The van der Waals surface area contributed by atoms with Crippen molar-refractivity contribution in [2.45, 2.75) is 38.3 Å². The lowest BCUT2D eigenvalue weighted by atomic mass is 10.2. The number of nitrogens with one attached hydrogen (secondary N) is 2. The number of H-pyrrole nitrogens is 1. The molecule has 8 heteroatoms. The van der Waals surface area contributed by atoms with Gasteiger partial charge in [0, 0.05) is 24.4 Å². The number of benzene rings is 2. The molecule has 1 saturated carbocycles. The van der Waals surface area contributed by atoms with Gasteiger partial charge in [0.1, 0.15) is 23.9 Å². The Kier molecular flexibility index (Phi) is 5.83. The van der Waals surface area contributed by atoms with Crippen LogP contribution in [0.2, 0.25) is 0 Å². The van der Waals surface area contributed by atoms with Crippen LogP contribution in [0.25, 0.3) is 11.4 Å². The second-order valence-corrected chi connectivity index (χ2v) is 7.23. The van der Waals surface area contributed by atoms with Crippen LogP contribution in [-0.4, -0.2) is 27.1 Å². The van der Waals surface area contributed by atoms with E-state index in [0.717, 1.165) is 18.4 Å². The van der Waals surface area contributed by atoms with Crippen LogP contribution in [0.1, 0.15) is 30.5 Å². The summed E-state index contributed by atoms with van der Waals surface area (Å²) < 4.78 is 18.9. The Bertz CT molecular complexity index is 1090. The summed E-state index contributed by atoms with van der Waals surface area (Å²) in [5, 5.41) is 10.9. The van der Waals surface area contributed by atoms with Gasteiger partial charge < -0.3 is 15.0 Å². The summed E-state index contributed by atoms with van der Waals surface area (Å²) in [4.78, 5) is 26.7. The number of carbonyl (C=O) groups is 1. The molecule has 1 heterocycles. The summed E-state index contributed by atoms with van der Waals surface area (Å²) in [6.07, 6.45) is 2.50. The minimum absolute atomic E-state index is 0.0726. The van der Waals surface area contributed by atoms with Crippen LogP contribution in [-0.2, 0) is 17.8 Å². The number of carbonyl (C=O) groups excluding carboxylic acids is 1. The highest BCUT2D eigenvalue weighted by Gasteiger charge is 2.23. The number of nitrogens with zero attached hydrogens (tertiary/aromatic N) is 2. The van der Waals surface area contributed by atoms with Gasteiger partial charge in [-0.1, -0.05) is 12.1 Å². The van der Waals surface area contributed by atoms with Crippen LogP contribution in [0.4, 0.5) is 4.39 Å². The van der Waals surface area contributed by atoms with E-state index in [4.69, 9.17) is 4.74 Å². The monoisotopic (exact) mass is 408 g/mol. The molecule has 0 spiro atoms. The number of aromatic nitrogens is 3. The first-order valence-electron chi connectivity index (χ1n) is 9.80. The third kappa shape index (κ3) is 5.28. The summed E-state index contributed by atoms with van der Waals surface area (Å²) in [5.41, 5.74) is 1.29. The summed E-state index contributed by atoms with van der Waals surface area (Å²) >= 11 is 0. The molecule has 2 aromatic carbocycles. The molecule has 3 aromatic rings. The first-order valence-corrected chi connectivity index (χ1v) is 9.80. The van der Waals surface area contributed by atoms with E-state index in [9.17, 15) is 14.0 Å². The normalized spacial score (nSPS) is 13.1. The fourth-order valence-electron chi connectivity index (χ4n) is 2.92. The minimum atomic E-state index is -0.356. The van der Waals surface area contributed by atoms with Crippen LogP contribution in [0, 0.1) is 5.82 Å². The lowest BCUT2D eigenvalue weighted by molar-refractivity contribution is -0.121. The highest BCUT2D eigenvalue weighted by atomic mass is 19.1. The Morgan fingerprint density at radius 3 is 2.67 bits per heavy atom. The van der Waals surface area contributed by atoms with Gasteiger partial charge in [0.15, 0.2) is 5.82 Å². The van der Waals surface area contributed by atoms with E-state index in [-0.39, 0.29) is 42.4 Å². The Hall–Kier alpha value is -3.55. The van der Waals surface area contributed by atoms with Crippen molar-refractivity contribution >= 4 is 5.91 Å². The van der Waals surface area contributed by atoms with E-state index >= 15 is 0 Å². The van der Waals surface area contributed by atoms with Gasteiger partial charge in [-0.25, -0.2) is 4.39 Å². The lowest BCUT2D eigenvalue weighted by Crippen LogP contribution is -2.27. The fourth-order valence-corrected chi connectivity index (χ4v) is 2.92. The molecule has 1 aliphatic carbocycles. The van der Waals surface area contributed by atoms with Gasteiger partial charge in [-0.15, -0.1) is 10.2 Å². The third-order valence-corrected chi connectivity index (χ3v) is 4.72. The van der Waals surface area contributed by atoms with Crippen LogP contribution in [0.15, 0.2) is 53.3 Å². The number of aromatic amines is 1. The number of halogens is 1. The largest absolute Gasteiger partial charge is 0.489 e. The average Bonchev–Trinajstić information content (AvgIpc) is 3.56. The van der Waals surface area contributed by atoms with Crippen LogP contribution < -0.4 is 15.6 Å². The lowest BCUT2D eigenvalue weighted by Gasteiger charge is -2.07. The molecular formula is C22H21FN4O3. The van der Waals surface area contributed by atoms with Gasteiger partial charge in [-0.05, 0) is 54.8 Å². The Balaban J connectivity index is 1.35. The predicted molar refractivity (Wildman–Crippen MR) is 108 cm³/mol. The van der Waals surface area contributed by atoms with Crippen molar-refractivity contribution in [1.29, 1.82) is 0 Å². The van der Waals surface area contributed by atoms with Crippen LogP contribution >= 0.6 is 0 Å². The summed E-state index contributed by atoms with van der Waals surface area (Å²) in [6, 6.07) is 13.5. The number of hydrogen-bond donors (Lipinski definition) is 2. The number of aryl methyl sites for hydroxylation is 1. The topological polar surface area (TPSA) is 97.0 Å². The molecule has 4 rings (SSSR count). The second kappa shape index (κ2) is 8.86. The van der Waals surface area contributed by atoms with Crippen molar-refractivity contribution in [1.82, 2.24) is 20.5 Å². The van der Waals surface area contributed by atoms with Crippen molar-refractivity contribution in [2.75, 3.05) is 0 Å². The molecule has 0 aliphatic heterocycles. The average molecular weight is 408 g/mol. The zero-order chi connectivity index (χ0) is 20.9. The summed E-state index contributed by atoms with van der Waals surface area (Å²) in [6.45, 7) is 0.247. The number of ether oxygens (including phenoxy) is 1. The molecule has 1 aromatic heterocycles. The molecular weight excluding hydrogens is 387 g/mol. The summed E-state index contributed by atoms with van der Waals surface area (Å²) in [7, 11) is 0. The predicted octanol–water partition coefficient (Wildman–Crippen LogP) is 2.76. The number of amides is 1. The highest BCUT2D eigenvalue weighted by Crippen LogP contribution is 2.20. The number of rotatable bonds is 8. The Morgan fingerprint density at radius 1 is 1.17 bits per heavy atom. The maximum atomic E-state index is 13.2. The standard InChI is InChI=1S/C22H21FN4O3/c23-16-3-1-2-14(12-16)13-30-18-8-4-15(5-9-18)21-25-22(29)19(26-27-21)10-11-20(28)24-17-6-7-17/h1-5,8-9,12,17H,6-7,10-11,13H2,(H,24,28)(H,25,27,29). The van der Waals surface area contributed by atoms with Crippen molar-refractivity contribution in [2.24, 2.45) is 0 Å². The van der Waals surface area contributed by atoms with E-state index in [2.05, 4.69) is 20.5 Å². The maximum Gasteiger partial charge on any atom is 0.273 e. The van der Waals surface area contributed by atoms with E-state index in [1.807, 2.05) is 0 Å². The summed E-state index contributed by atoms with van der Waals surface area (Å²) in [5.74, 6) is 0.567. The van der Waals surface area contributed by atoms with Gasteiger partial charge in [-0.3, -0.25) is 9.59 Å². The van der Waals surface area contributed by atoms with Gasteiger partial charge in [-0.2, -0.15) is 0 Å². The zero-order valence-electron chi connectivity index (χ0n) is 16.2. The van der Waals surface area contributed by atoms with E-state index in [0.29, 0.717) is 23.2 Å². The highest BCUT2D eigenvalue weighted by molar-refractivity contribution is 5.76. The molecule has 30 heavy (non-hydrogen) atoms. The third-order valence-electron chi connectivity index (χ3n) is 4.72. The Labute approximate surface area is 172 Å². The fraction of sp³-hybridized carbons (Fsp3) is 0.273. The van der Waals surface area contributed by atoms with Gasteiger partial charge >= 0.3 is 0 Å². The molecule has 1 aliphatic rings. The smallest absolute Gasteiger partial charge is 0.273 e. The number of hydrogen-bond acceptors (Lipinski definition) is 5. The molecule has 0 atom stereocenters. The first-order chi connectivity index (χ1) is 14.6. The second-order valence-electron chi connectivity index (χ2n) is 7.23. The zero-order valence-corrected chi connectivity index (χ0v) is 16.2. The van der Waals surface area contributed by atoms with Crippen molar-refractivity contribution < 1.29 is 13.9 Å². The van der Waals surface area contributed by atoms with Crippen molar-refractivity contribution in [3.05, 3.63) is 76.0 Å². The SMILES string of the molecule is O=C(CCc1nnc(-c2ccc(OCc3cccc(F)c3)cc2)[nH]c1=O)NC1CC1. The first kappa shape index (κ1) is 19.8. The molecule has 1 amide bonds. The van der Waals surface area contributed by atoms with E-state index in [1.54, 1.807) is 36.4 Å². The van der Waals surface area contributed by atoms with Gasteiger partial charge in [0.05, 0.1) is 0 Å². The molecule has 7 nitrogen and oxygen atoms in total. The molecule has 0 saturated heterocycles. The molecule has 154 valence electrons. The Morgan fingerprint density at radius 2 is 1.97 bits per heavy atom. The van der Waals surface area contributed by atoms with Crippen LogP contribution in [0.5, 0.6) is 5.75 Å². The van der Waals surface area contributed by atoms with Crippen LogP contribution in [0.3, 0.4) is 0 Å². The molecule has 0 unspecified atom stereocenters. The van der Waals surface area contributed by atoms with Crippen molar-refractivity contribution in [3.63, 3.8) is 0 Å². The van der Waals surface area contributed by atoms with Gasteiger partial charge in [0.25, 0.3) is 5.56 Å².